The van der Waals surface area contributed by atoms with Crippen molar-refractivity contribution in [2.75, 3.05) is 20.1 Å². The third kappa shape index (κ3) is 5.17. The third-order valence-electron chi connectivity index (χ3n) is 3.43. The van der Waals surface area contributed by atoms with Crippen molar-refractivity contribution in [1.82, 2.24) is 15.6 Å². The van der Waals surface area contributed by atoms with Gasteiger partial charge in [0.1, 0.15) is 0 Å². The maximum atomic E-state index is 10.0. The van der Waals surface area contributed by atoms with Crippen molar-refractivity contribution in [3.63, 3.8) is 0 Å². The van der Waals surface area contributed by atoms with Crippen LogP contribution < -0.4 is 10.6 Å². The topological polar surface area (TPSA) is 69.5 Å². The molecule has 1 aromatic heterocycles. The Morgan fingerprint density at radius 1 is 1.50 bits per heavy atom. The predicted molar refractivity (Wildman–Crippen MR) is 94.1 cm³/mol. The molecule has 1 aliphatic rings. The number of aryl methyl sites for hydroxylation is 1. The molecule has 0 unspecified atom stereocenters. The van der Waals surface area contributed by atoms with Crippen molar-refractivity contribution < 1.29 is 5.11 Å². The normalized spacial score (nSPS) is 17.1. The molecule has 1 heterocycles. The number of aliphatic hydroxyl groups is 1. The minimum absolute atomic E-state index is 0. The average Bonchev–Trinajstić information content (AvgIpc) is 2.77. The van der Waals surface area contributed by atoms with E-state index in [4.69, 9.17) is 0 Å². The highest BCUT2D eigenvalue weighted by atomic mass is 127. The lowest BCUT2D eigenvalue weighted by atomic mass is 9.80. The number of nitrogens with zero attached hydrogens (tertiary/aromatic N) is 2. The van der Waals surface area contributed by atoms with E-state index in [-0.39, 0.29) is 24.0 Å². The van der Waals surface area contributed by atoms with E-state index in [0.29, 0.717) is 6.54 Å². The molecular weight excluding hydrogens is 387 g/mol. The number of hydrogen-bond acceptors (Lipinski definition) is 4. The predicted octanol–water partition coefficient (Wildman–Crippen LogP) is 1.69. The van der Waals surface area contributed by atoms with Crippen LogP contribution in [0.25, 0.3) is 0 Å². The van der Waals surface area contributed by atoms with Crippen LogP contribution in [0.4, 0.5) is 0 Å². The summed E-state index contributed by atoms with van der Waals surface area (Å²) in [7, 11) is 1.74. The van der Waals surface area contributed by atoms with Crippen LogP contribution in [0.2, 0.25) is 0 Å². The minimum Gasteiger partial charge on any atom is -0.388 e. The van der Waals surface area contributed by atoms with E-state index in [9.17, 15) is 5.11 Å². The Hall–Kier alpha value is -0.410. The van der Waals surface area contributed by atoms with Gasteiger partial charge in [-0.05, 0) is 26.2 Å². The van der Waals surface area contributed by atoms with E-state index in [1.54, 1.807) is 18.4 Å². The smallest absolute Gasteiger partial charge is 0.191 e. The summed E-state index contributed by atoms with van der Waals surface area (Å²) in [5.74, 6) is 0.743. The molecule has 0 aliphatic heterocycles. The molecule has 2 rings (SSSR count). The van der Waals surface area contributed by atoms with Gasteiger partial charge in [-0.1, -0.05) is 0 Å². The molecule has 114 valence electrons. The van der Waals surface area contributed by atoms with E-state index in [2.05, 4.69) is 26.0 Å². The molecule has 1 aromatic rings. The molecule has 20 heavy (non-hydrogen) atoms. The Bertz CT molecular complexity index is 445. The molecule has 1 saturated carbocycles. The second-order valence-electron chi connectivity index (χ2n) is 5.04. The minimum atomic E-state index is -0.524. The van der Waals surface area contributed by atoms with Crippen LogP contribution in [0.5, 0.6) is 0 Å². The SMILES string of the molecule is CN=C(NCCc1csc(C)n1)NCC1(O)CCC1.I. The van der Waals surface area contributed by atoms with Crippen LogP contribution in [-0.4, -0.2) is 41.8 Å². The van der Waals surface area contributed by atoms with Gasteiger partial charge in [0.05, 0.1) is 16.3 Å². The first-order valence-corrected chi connectivity index (χ1v) is 7.57. The fraction of sp³-hybridized carbons (Fsp3) is 0.692. The summed E-state index contributed by atoms with van der Waals surface area (Å²) in [6, 6.07) is 0. The molecule has 7 heteroatoms. The zero-order valence-electron chi connectivity index (χ0n) is 12.0. The first-order valence-electron chi connectivity index (χ1n) is 6.69. The molecular formula is C13H23IN4OS. The van der Waals surface area contributed by atoms with Crippen LogP contribution in [0.15, 0.2) is 10.4 Å². The van der Waals surface area contributed by atoms with Crippen molar-refractivity contribution >= 4 is 41.3 Å². The van der Waals surface area contributed by atoms with Gasteiger partial charge in [0.15, 0.2) is 5.96 Å². The van der Waals surface area contributed by atoms with Gasteiger partial charge >= 0.3 is 0 Å². The summed E-state index contributed by atoms with van der Waals surface area (Å²) >= 11 is 1.68. The number of aromatic nitrogens is 1. The van der Waals surface area contributed by atoms with E-state index in [0.717, 1.165) is 48.9 Å². The monoisotopic (exact) mass is 410 g/mol. The van der Waals surface area contributed by atoms with E-state index >= 15 is 0 Å². The van der Waals surface area contributed by atoms with Crippen molar-refractivity contribution in [2.24, 2.45) is 4.99 Å². The molecule has 0 saturated heterocycles. The zero-order chi connectivity index (χ0) is 13.7. The highest BCUT2D eigenvalue weighted by Gasteiger charge is 2.34. The third-order valence-corrected chi connectivity index (χ3v) is 4.26. The van der Waals surface area contributed by atoms with E-state index in [1.807, 2.05) is 6.92 Å². The van der Waals surface area contributed by atoms with Gasteiger partial charge in [-0.25, -0.2) is 4.98 Å². The Labute approximate surface area is 141 Å². The molecule has 3 N–H and O–H groups in total. The lowest BCUT2D eigenvalue weighted by molar-refractivity contribution is -0.0279. The summed E-state index contributed by atoms with van der Waals surface area (Å²) in [5.41, 5.74) is 0.590. The number of aliphatic imine (C=N–C) groups is 1. The van der Waals surface area contributed by atoms with Gasteiger partial charge in [0.25, 0.3) is 0 Å². The van der Waals surface area contributed by atoms with Gasteiger partial charge in [-0.3, -0.25) is 4.99 Å². The largest absolute Gasteiger partial charge is 0.388 e. The Balaban J connectivity index is 0.00000200. The molecule has 0 atom stereocenters. The summed E-state index contributed by atoms with van der Waals surface area (Å²) in [6.45, 7) is 3.38. The van der Waals surface area contributed by atoms with Gasteiger partial charge in [-0.15, -0.1) is 35.3 Å². The van der Waals surface area contributed by atoms with Gasteiger partial charge < -0.3 is 15.7 Å². The van der Waals surface area contributed by atoms with Gasteiger partial charge in [0.2, 0.25) is 0 Å². The molecule has 5 nitrogen and oxygen atoms in total. The summed E-state index contributed by atoms with van der Waals surface area (Å²) in [5, 5.41) is 19.6. The number of thiazole rings is 1. The Morgan fingerprint density at radius 3 is 2.75 bits per heavy atom. The van der Waals surface area contributed by atoms with Crippen LogP contribution in [0.3, 0.4) is 0 Å². The Morgan fingerprint density at radius 2 is 2.25 bits per heavy atom. The van der Waals surface area contributed by atoms with Crippen molar-refractivity contribution in [3.8, 4) is 0 Å². The molecule has 0 amide bonds. The quantitative estimate of drug-likeness (QED) is 0.393. The van der Waals surface area contributed by atoms with Crippen LogP contribution in [-0.2, 0) is 6.42 Å². The lowest BCUT2D eigenvalue weighted by Gasteiger charge is -2.36. The second-order valence-corrected chi connectivity index (χ2v) is 6.10. The van der Waals surface area contributed by atoms with Gasteiger partial charge in [0, 0.05) is 31.9 Å². The molecule has 0 aromatic carbocycles. The highest BCUT2D eigenvalue weighted by Crippen LogP contribution is 2.30. The van der Waals surface area contributed by atoms with Crippen LogP contribution in [0, 0.1) is 6.92 Å². The summed E-state index contributed by atoms with van der Waals surface area (Å²) in [6.07, 6.45) is 3.77. The fourth-order valence-electron chi connectivity index (χ4n) is 2.06. The van der Waals surface area contributed by atoms with Crippen molar-refractivity contribution in [2.45, 2.75) is 38.2 Å². The number of halogens is 1. The number of hydrogen-bond donors (Lipinski definition) is 3. The first-order chi connectivity index (χ1) is 9.11. The summed E-state index contributed by atoms with van der Waals surface area (Å²) < 4.78 is 0. The maximum Gasteiger partial charge on any atom is 0.191 e. The highest BCUT2D eigenvalue weighted by molar-refractivity contribution is 14.0. The van der Waals surface area contributed by atoms with Crippen molar-refractivity contribution in [3.05, 3.63) is 16.1 Å². The van der Waals surface area contributed by atoms with Crippen LogP contribution in [0.1, 0.15) is 30.0 Å². The van der Waals surface area contributed by atoms with Gasteiger partial charge in [-0.2, -0.15) is 0 Å². The zero-order valence-corrected chi connectivity index (χ0v) is 15.1. The average molecular weight is 410 g/mol. The molecule has 1 fully saturated rings. The van der Waals surface area contributed by atoms with E-state index < -0.39 is 5.60 Å². The fourth-order valence-corrected chi connectivity index (χ4v) is 2.71. The van der Waals surface area contributed by atoms with Crippen LogP contribution >= 0.6 is 35.3 Å². The molecule has 0 spiro atoms. The molecule has 0 radical (unpaired) electrons. The Kier molecular flexibility index (Phi) is 7.18. The molecule has 1 aliphatic carbocycles. The second kappa shape index (κ2) is 8.14. The van der Waals surface area contributed by atoms with Crippen molar-refractivity contribution in [1.29, 1.82) is 0 Å². The summed E-state index contributed by atoms with van der Waals surface area (Å²) in [4.78, 5) is 8.57. The number of guanidine groups is 1. The maximum absolute atomic E-state index is 10.0. The first kappa shape index (κ1) is 17.6. The van der Waals surface area contributed by atoms with E-state index in [1.165, 1.54) is 0 Å². The molecule has 0 bridgehead atoms. The number of nitrogens with one attached hydrogen (secondary N) is 2. The standard InChI is InChI=1S/C13H22N4OS.HI/c1-10-17-11(8-19-10)4-7-15-12(14-2)16-9-13(18)5-3-6-13;/h8,18H,3-7,9H2,1-2H3,(H2,14,15,16);1H. The lowest BCUT2D eigenvalue weighted by Crippen LogP contribution is -2.50. The number of rotatable bonds is 5.